The van der Waals surface area contributed by atoms with Crippen LogP contribution >= 0.6 is 11.6 Å². The van der Waals surface area contributed by atoms with Crippen LogP contribution in [0.15, 0.2) is 54.2 Å². The number of carbonyl (C=O) groups excluding carboxylic acids is 2. The Labute approximate surface area is 196 Å². The van der Waals surface area contributed by atoms with Crippen molar-refractivity contribution in [1.29, 1.82) is 0 Å². The zero-order valence-corrected chi connectivity index (χ0v) is 19.4. The van der Waals surface area contributed by atoms with Crippen molar-refractivity contribution < 1.29 is 14.3 Å². The van der Waals surface area contributed by atoms with Gasteiger partial charge < -0.3 is 10.1 Å². The van der Waals surface area contributed by atoms with Gasteiger partial charge in [0.15, 0.2) is 6.29 Å². The van der Waals surface area contributed by atoms with Crippen molar-refractivity contribution in [3.63, 3.8) is 0 Å². The van der Waals surface area contributed by atoms with Gasteiger partial charge in [0.1, 0.15) is 11.5 Å². The van der Waals surface area contributed by atoms with Gasteiger partial charge in [-0.3, -0.25) is 9.59 Å². The quantitative estimate of drug-likeness (QED) is 0.340. The van der Waals surface area contributed by atoms with Gasteiger partial charge >= 0.3 is 0 Å². The van der Waals surface area contributed by atoms with Crippen LogP contribution in [0.2, 0.25) is 5.02 Å². The standard InChI is InChI=1S/C23H24ClNO3.C4H8/c24-21-7-3-4-8-22(21)28-20-12-9-18(10-13-20)15-19(16-26)25-23(27)14-11-17-5-1-2-6-17;1-4-2-3-4/h3-4,7-10,12-13,15-17H,1-2,5-6,11,14H2,(H,25,27);4H,2-3H2,1H3/b19-15-;. The Morgan fingerprint density at radius 1 is 1.06 bits per heavy atom. The van der Waals surface area contributed by atoms with E-state index in [0.717, 1.165) is 17.9 Å². The van der Waals surface area contributed by atoms with E-state index in [9.17, 15) is 9.59 Å². The molecule has 32 heavy (non-hydrogen) atoms. The van der Waals surface area contributed by atoms with Gasteiger partial charge in [0.25, 0.3) is 0 Å². The lowest BCUT2D eigenvalue weighted by Gasteiger charge is -2.09. The predicted octanol–water partition coefficient (Wildman–Crippen LogP) is 7.18. The van der Waals surface area contributed by atoms with Gasteiger partial charge in [0.05, 0.1) is 10.7 Å². The molecule has 170 valence electrons. The number of allylic oxidation sites excluding steroid dienone is 1. The smallest absolute Gasteiger partial charge is 0.224 e. The Morgan fingerprint density at radius 2 is 1.72 bits per heavy atom. The van der Waals surface area contributed by atoms with Gasteiger partial charge in [-0.2, -0.15) is 0 Å². The van der Waals surface area contributed by atoms with Crippen LogP contribution in [0.5, 0.6) is 11.5 Å². The van der Waals surface area contributed by atoms with Crippen LogP contribution in [0, 0.1) is 11.8 Å². The van der Waals surface area contributed by atoms with Crippen molar-refractivity contribution in [2.24, 2.45) is 11.8 Å². The third-order valence-corrected chi connectivity index (χ3v) is 6.11. The molecule has 0 aliphatic heterocycles. The van der Waals surface area contributed by atoms with E-state index in [2.05, 4.69) is 12.2 Å². The van der Waals surface area contributed by atoms with Crippen molar-refractivity contribution in [3.8, 4) is 11.5 Å². The van der Waals surface area contributed by atoms with Gasteiger partial charge in [-0.05, 0) is 54.2 Å². The summed E-state index contributed by atoms with van der Waals surface area (Å²) in [6, 6.07) is 14.5. The number of hydrogen-bond donors (Lipinski definition) is 1. The van der Waals surface area contributed by atoms with E-state index < -0.39 is 0 Å². The molecule has 4 rings (SSSR count). The highest BCUT2D eigenvalue weighted by molar-refractivity contribution is 6.32. The molecule has 2 aromatic carbocycles. The predicted molar refractivity (Wildman–Crippen MR) is 130 cm³/mol. The first-order valence-corrected chi connectivity index (χ1v) is 11.9. The van der Waals surface area contributed by atoms with Gasteiger partial charge in [0.2, 0.25) is 5.91 Å². The van der Waals surface area contributed by atoms with Crippen LogP contribution in [0.25, 0.3) is 6.08 Å². The molecular formula is C27H32ClNO3. The monoisotopic (exact) mass is 453 g/mol. The minimum atomic E-state index is -0.107. The molecule has 0 atom stereocenters. The zero-order chi connectivity index (χ0) is 22.8. The highest BCUT2D eigenvalue weighted by Gasteiger charge is 2.16. The van der Waals surface area contributed by atoms with Crippen LogP contribution in [0.3, 0.4) is 0 Å². The summed E-state index contributed by atoms with van der Waals surface area (Å²) in [4.78, 5) is 23.4. The molecular weight excluding hydrogens is 422 g/mol. The molecule has 0 saturated heterocycles. The van der Waals surface area contributed by atoms with Crippen molar-refractivity contribution in [3.05, 3.63) is 64.8 Å². The Kier molecular flexibility index (Phi) is 9.36. The average molecular weight is 454 g/mol. The number of carbonyl (C=O) groups is 2. The second-order valence-corrected chi connectivity index (χ2v) is 9.15. The normalized spacial score (nSPS) is 16.1. The molecule has 2 fully saturated rings. The number of halogens is 1. The lowest BCUT2D eigenvalue weighted by atomic mass is 10.0. The van der Waals surface area contributed by atoms with Gasteiger partial charge in [0, 0.05) is 6.42 Å². The number of nitrogens with one attached hydrogen (secondary N) is 1. The van der Waals surface area contributed by atoms with E-state index >= 15 is 0 Å². The number of rotatable bonds is 8. The summed E-state index contributed by atoms with van der Waals surface area (Å²) in [6.07, 6.45) is 11.6. The Morgan fingerprint density at radius 3 is 2.31 bits per heavy atom. The molecule has 1 amide bonds. The SMILES string of the molecule is CC1CC1.O=C/C(=C/c1ccc(Oc2ccccc2Cl)cc1)NC(=O)CCC1CCCC1. The van der Waals surface area contributed by atoms with Crippen molar-refractivity contribution >= 4 is 29.9 Å². The maximum Gasteiger partial charge on any atom is 0.224 e. The number of hydrogen-bond acceptors (Lipinski definition) is 3. The largest absolute Gasteiger partial charge is 0.456 e. The average Bonchev–Trinajstić information content (AvgIpc) is 3.40. The highest BCUT2D eigenvalue weighted by atomic mass is 35.5. The van der Waals surface area contributed by atoms with E-state index in [0.29, 0.717) is 35.1 Å². The second-order valence-electron chi connectivity index (χ2n) is 8.74. The van der Waals surface area contributed by atoms with Gasteiger partial charge in [-0.1, -0.05) is 81.3 Å². The molecule has 0 unspecified atom stereocenters. The van der Waals surface area contributed by atoms with Crippen molar-refractivity contribution in [1.82, 2.24) is 5.32 Å². The van der Waals surface area contributed by atoms with Crippen LogP contribution in [0.4, 0.5) is 0 Å². The molecule has 0 bridgehead atoms. The molecule has 0 radical (unpaired) electrons. The van der Waals surface area contributed by atoms with Gasteiger partial charge in [-0.25, -0.2) is 0 Å². The van der Waals surface area contributed by atoms with E-state index in [4.69, 9.17) is 16.3 Å². The maximum absolute atomic E-state index is 12.1. The molecule has 0 aromatic heterocycles. The molecule has 1 N–H and O–H groups in total. The van der Waals surface area contributed by atoms with E-state index in [1.807, 2.05) is 24.3 Å². The van der Waals surface area contributed by atoms with Crippen LogP contribution in [0.1, 0.15) is 63.9 Å². The second kappa shape index (κ2) is 12.4. The van der Waals surface area contributed by atoms with Crippen LogP contribution < -0.4 is 10.1 Å². The summed E-state index contributed by atoms with van der Waals surface area (Å²) in [7, 11) is 0. The molecule has 5 heteroatoms. The van der Waals surface area contributed by atoms with E-state index in [1.54, 1.807) is 30.3 Å². The Hall–Kier alpha value is -2.59. The first-order chi connectivity index (χ1) is 15.5. The first-order valence-electron chi connectivity index (χ1n) is 11.5. The summed E-state index contributed by atoms with van der Waals surface area (Å²) in [6.45, 7) is 2.28. The number of ether oxygens (including phenoxy) is 1. The molecule has 2 aromatic rings. The molecule has 2 saturated carbocycles. The fourth-order valence-corrected chi connectivity index (χ4v) is 3.76. The molecule has 2 aliphatic carbocycles. The van der Waals surface area contributed by atoms with E-state index in [-0.39, 0.29) is 11.6 Å². The summed E-state index contributed by atoms with van der Waals surface area (Å²) >= 11 is 6.10. The summed E-state index contributed by atoms with van der Waals surface area (Å²) in [5.41, 5.74) is 1.06. The van der Waals surface area contributed by atoms with Gasteiger partial charge in [-0.15, -0.1) is 0 Å². The van der Waals surface area contributed by atoms with Crippen LogP contribution in [-0.4, -0.2) is 12.2 Å². The fourth-order valence-electron chi connectivity index (χ4n) is 3.59. The third-order valence-electron chi connectivity index (χ3n) is 5.80. The lowest BCUT2D eigenvalue weighted by Crippen LogP contribution is -2.23. The Balaban J connectivity index is 0.000000650. The van der Waals surface area contributed by atoms with Crippen LogP contribution in [-0.2, 0) is 9.59 Å². The number of amides is 1. The van der Waals surface area contributed by atoms with Crippen molar-refractivity contribution in [2.45, 2.75) is 58.3 Å². The first kappa shape index (κ1) is 24.1. The maximum atomic E-state index is 12.1. The molecule has 4 nitrogen and oxygen atoms in total. The summed E-state index contributed by atoms with van der Waals surface area (Å²) in [5, 5.41) is 3.24. The van der Waals surface area contributed by atoms with Crippen molar-refractivity contribution in [2.75, 3.05) is 0 Å². The topological polar surface area (TPSA) is 55.4 Å². The number of aldehydes is 1. The number of benzene rings is 2. The number of para-hydroxylation sites is 1. The molecule has 0 heterocycles. The molecule has 0 spiro atoms. The molecule has 2 aliphatic rings. The summed E-state index contributed by atoms with van der Waals surface area (Å²) < 4.78 is 5.75. The Bertz CT molecular complexity index is 913. The minimum absolute atomic E-state index is 0.107. The lowest BCUT2D eigenvalue weighted by molar-refractivity contribution is -0.121. The fraction of sp³-hybridized carbons (Fsp3) is 0.407. The highest BCUT2D eigenvalue weighted by Crippen LogP contribution is 2.30. The minimum Gasteiger partial charge on any atom is -0.456 e. The summed E-state index contributed by atoms with van der Waals surface area (Å²) in [5.74, 6) is 2.85. The zero-order valence-electron chi connectivity index (χ0n) is 18.7. The third kappa shape index (κ3) is 8.51. The van der Waals surface area contributed by atoms with E-state index in [1.165, 1.54) is 38.5 Å².